The van der Waals surface area contributed by atoms with Crippen molar-refractivity contribution < 1.29 is 5.11 Å². The van der Waals surface area contributed by atoms with E-state index in [0.717, 1.165) is 27.3 Å². The van der Waals surface area contributed by atoms with Gasteiger partial charge in [-0.05, 0) is 34.9 Å². The zero-order valence-corrected chi connectivity index (χ0v) is 11.5. The van der Waals surface area contributed by atoms with Crippen LogP contribution in [0.5, 0.6) is 5.75 Å². The largest absolute Gasteiger partial charge is 0.507 e. The van der Waals surface area contributed by atoms with Gasteiger partial charge in [0, 0.05) is 10.6 Å². The zero-order valence-electron chi connectivity index (χ0n) is 10.8. The lowest BCUT2D eigenvalue weighted by Gasteiger charge is -2.06. The highest BCUT2D eigenvalue weighted by atomic mass is 35.5. The van der Waals surface area contributed by atoms with Crippen molar-refractivity contribution in [2.75, 3.05) is 0 Å². The molecule has 1 nitrogen and oxygen atoms in total. The molecule has 0 bridgehead atoms. The van der Waals surface area contributed by atoms with E-state index in [2.05, 4.69) is 0 Å². The minimum absolute atomic E-state index is 0.298. The van der Waals surface area contributed by atoms with E-state index < -0.39 is 0 Å². The molecule has 0 aliphatic carbocycles. The predicted octanol–water partition coefficient (Wildman–Crippen LogP) is 5.38. The molecule has 0 atom stereocenters. The predicted molar refractivity (Wildman–Crippen MR) is 84.0 cm³/mol. The summed E-state index contributed by atoms with van der Waals surface area (Å²) in [4.78, 5) is 0. The zero-order chi connectivity index (χ0) is 13.9. The van der Waals surface area contributed by atoms with Crippen molar-refractivity contribution in [3.8, 4) is 28.0 Å². The summed E-state index contributed by atoms with van der Waals surface area (Å²) in [7, 11) is 0. The Morgan fingerprint density at radius 2 is 1.10 bits per heavy atom. The van der Waals surface area contributed by atoms with Crippen LogP contribution in [-0.2, 0) is 0 Å². The molecule has 0 saturated carbocycles. The van der Waals surface area contributed by atoms with Crippen LogP contribution in [-0.4, -0.2) is 5.11 Å². The average Bonchev–Trinajstić information content (AvgIpc) is 2.49. The topological polar surface area (TPSA) is 20.2 Å². The van der Waals surface area contributed by atoms with E-state index in [0.29, 0.717) is 5.75 Å². The first-order valence-corrected chi connectivity index (χ1v) is 6.76. The first-order valence-electron chi connectivity index (χ1n) is 6.38. The highest BCUT2D eigenvalue weighted by Gasteiger charge is 2.03. The van der Waals surface area contributed by atoms with Crippen molar-refractivity contribution in [2.24, 2.45) is 0 Å². The molecule has 0 unspecified atom stereocenters. The van der Waals surface area contributed by atoms with E-state index in [1.807, 2.05) is 66.7 Å². The van der Waals surface area contributed by atoms with Crippen LogP contribution in [0.25, 0.3) is 22.3 Å². The van der Waals surface area contributed by atoms with Gasteiger partial charge in [0.25, 0.3) is 0 Å². The van der Waals surface area contributed by atoms with Gasteiger partial charge in [-0.1, -0.05) is 66.2 Å². The van der Waals surface area contributed by atoms with E-state index in [-0.39, 0.29) is 0 Å². The van der Waals surface area contributed by atoms with E-state index in [1.165, 1.54) is 0 Å². The summed E-state index contributed by atoms with van der Waals surface area (Å²) in [6.45, 7) is 0. The molecular formula is C18H13ClO. The molecule has 3 aromatic rings. The van der Waals surface area contributed by atoms with Crippen molar-refractivity contribution >= 4 is 11.6 Å². The summed E-state index contributed by atoms with van der Waals surface area (Å²) in [6, 6.07) is 23.2. The number of halogens is 1. The Hall–Kier alpha value is -2.25. The first kappa shape index (κ1) is 12.8. The third-order valence-corrected chi connectivity index (χ3v) is 3.53. The van der Waals surface area contributed by atoms with Gasteiger partial charge in [0.05, 0.1) is 0 Å². The quantitative estimate of drug-likeness (QED) is 0.668. The third kappa shape index (κ3) is 2.54. The smallest absolute Gasteiger partial charge is 0.123 e. The van der Waals surface area contributed by atoms with Crippen LogP contribution in [0, 0.1) is 0 Å². The summed E-state index contributed by atoms with van der Waals surface area (Å²) in [5.74, 6) is 0.298. The van der Waals surface area contributed by atoms with Gasteiger partial charge in [0.1, 0.15) is 5.75 Å². The Kier molecular flexibility index (Phi) is 3.44. The van der Waals surface area contributed by atoms with E-state index >= 15 is 0 Å². The van der Waals surface area contributed by atoms with Gasteiger partial charge < -0.3 is 5.11 Å². The Morgan fingerprint density at radius 1 is 0.600 bits per heavy atom. The van der Waals surface area contributed by atoms with Gasteiger partial charge in [0.2, 0.25) is 0 Å². The van der Waals surface area contributed by atoms with Crippen molar-refractivity contribution in [1.82, 2.24) is 0 Å². The van der Waals surface area contributed by atoms with Crippen molar-refractivity contribution in [2.45, 2.75) is 0 Å². The van der Waals surface area contributed by atoms with Gasteiger partial charge in [-0.2, -0.15) is 0 Å². The highest BCUT2D eigenvalue weighted by molar-refractivity contribution is 6.30. The molecule has 0 aliphatic rings. The molecule has 0 fully saturated rings. The molecule has 0 saturated heterocycles. The standard InChI is InChI=1S/C18H13ClO/c19-16-11-9-14(10-12-16)13-5-7-15(8-6-13)17-3-1-2-4-18(17)20/h1-12,20H. The van der Waals surface area contributed by atoms with Crippen LogP contribution in [0.4, 0.5) is 0 Å². The second kappa shape index (κ2) is 5.40. The van der Waals surface area contributed by atoms with Crippen molar-refractivity contribution in [3.63, 3.8) is 0 Å². The number of benzene rings is 3. The summed E-state index contributed by atoms with van der Waals surface area (Å²) in [5, 5.41) is 10.6. The first-order chi connectivity index (χ1) is 9.74. The van der Waals surface area contributed by atoms with Gasteiger partial charge in [-0.15, -0.1) is 0 Å². The van der Waals surface area contributed by atoms with Crippen LogP contribution in [0.2, 0.25) is 5.02 Å². The Balaban J connectivity index is 1.96. The monoisotopic (exact) mass is 280 g/mol. The van der Waals surface area contributed by atoms with E-state index in [1.54, 1.807) is 6.07 Å². The minimum atomic E-state index is 0.298. The van der Waals surface area contributed by atoms with E-state index in [4.69, 9.17) is 11.6 Å². The molecule has 0 radical (unpaired) electrons. The molecule has 0 spiro atoms. The van der Waals surface area contributed by atoms with Crippen molar-refractivity contribution in [1.29, 1.82) is 0 Å². The van der Waals surface area contributed by atoms with Crippen LogP contribution in [0.1, 0.15) is 0 Å². The third-order valence-electron chi connectivity index (χ3n) is 3.28. The second-order valence-electron chi connectivity index (χ2n) is 4.60. The lowest BCUT2D eigenvalue weighted by Crippen LogP contribution is -1.81. The number of rotatable bonds is 2. The van der Waals surface area contributed by atoms with Gasteiger partial charge in [-0.3, -0.25) is 0 Å². The molecule has 2 heteroatoms. The van der Waals surface area contributed by atoms with Crippen LogP contribution >= 0.6 is 11.6 Å². The van der Waals surface area contributed by atoms with Crippen LogP contribution in [0.3, 0.4) is 0 Å². The maximum absolute atomic E-state index is 9.87. The molecular weight excluding hydrogens is 268 g/mol. The van der Waals surface area contributed by atoms with Crippen LogP contribution in [0.15, 0.2) is 72.8 Å². The maximum Gasteiger partial charge on any atom is 0.123 e. The fourth-order valence-corrected chi connectivity index (χ4v) is 2.33. The summed E-state index contributed by atoms with van der Waals surface area (Å²) >= 11 is 5.89. The number of hydrogen-bond acceptors (Lipinski definition) is 1. The highest BCUT2D eigenvalue weighted by Crippen LogP contribution is 2.30. The number of para-hydroxylation sites is 1. The minimum Gasteiger partial charge on any atom is -0.507 e. The second-order valence-corrected chi connectivity index (χ2v) is 5.04. The molecule has 0 aliphatic heterocycles. The number of hydrogen-bond donors (Lipinski definition) is 1. The Morgan fingerprint density at radius 3 is 1.70 bits per heavy atom. The molecule has 0 aromatic heterocycles. The summed E-state index contributed by atoms with van der Waals surface area (Å²) in [5.41, 5.74) is 4.09. The van der Waals surface area contributed by atoms with E-state index in [9.17, 15) is 5.11 Å². The molecule has 0 heterocycles. The van der Waals surface area contributed by atoms with Crippen molar-refractivity contribution in [3.05, 3.63) is 77.8 Å². The average molecular weight is 281 g/mol. The van der Waals surface area contributed by atoms with Gasteiger partial charge >= 0.3 is 0 Å². The molecule has 3 aromatic carbocycles. The molecule has 0 amide bonds. The number of phenolic OH excluding ortho intramolecular Hbond substituents is 1. The maximum atomic E-state index is 9.87. The van der Waals surface area contributed by atoms with Crippen LogP contribution < -0.4 is 0 Å². The molecule has 3 rings (SSSR count). The Bertz CT molecular complexity index is 715. The van der Waals surface area contributed by atoms with Gasteiger partial charge in [0.15, 0.2) is 0 Å². The fraction of sp³-hybridized carbons (Fsp3) is 0. The van der Waals surface area contributed by atoms with Gasteiger partial charge in [-0.25, -0.2) is 0 Å². The molecule has 1 N–H and O–H groups in total. The normalized spacial score (nSPS) is 10.4. The lowest BCUT2D eigenvalue weighted by atomic mass is 10.00. The molecule has 98 valence electrons. The molecule has 20 heavy (non-hydrogen) atoms. The number of phenols is 1. The summed E-state index contributed by atoms with van der Waals surface area (Å²) < 4.78 is 0. The SMILES string of the molecule is Oc1ccccc1-c1ccc(-c2ccc(Cl)cc2)cc1. The fourth-order valence-electron chi connectivity index (χ4n) is 2.20. The summed E-state index contributed by atoms with van der Waals surface area (Å²) in [6.07, 6.45) is 0. The lowest BCUT2D eigenvalue weighted by molar-refractivity contribution is 0.477. The Labute approximate surface area is 123 Å². The number of aromatic hydroxyl groups is 1.